The van der Waals surface area contributed by atoms with Gasteiger partial charge in [0.1, 0.15) is 5.75 Å². The Bertz CT molecular complexity index is 851. The van der Waals surface area contributed by atoms with Crippen LogP contribution in [0.4, 0.5) is 0 Å². The van der Waals surface area contributed by atoms with E-state index in [0.29, 0.717) is 16.3 Å². The predicted molar refractivity (Wildman–Crippen MR) is 78.4 cm³/mol. The van der Waals surface area contributed by atoms with Crippen LogP contribution in [0.15, 0.2) is 30.5 Å². The molecule has 0 amide bonds. The predicted octanol–water partition coefficient (Wildman–Crippen LogP) is 3.48. The number of esters is 1. The van der Waals surface area contributed by atoms with Crippen molar-refractivity contribution in [2.75, 3.05) is 7.11 Å². The van der Waals surface area contributed by atoms with Crippen LogP contribution in [-0.4, -0.2) is 22.8 Å². The molecule has 0 radical (unpaired) electrons. The van der Waals surface area contributed by atoms with Crippen LogP contribution in [0.2, 0.25) is 5.02 Å². The topological polar surface area (TPSA) is 51.5 Å². The van der Waals surface area contributed by atoms with E-state index < -0.39 is 5.97 Å². The molecule has 0 fully saturated rings. The average molecular weight is 290 g/mol. The quantitative estimate of drug-likeness (QED) is 0.698. The zero-order valence-corrected chi connectivity index (χ0v) is 11.7. The molecule has 1 heterocycles. The fourth-order valence-electron chi connectivity index (χ4n) is 2.57. The smallest absolute Gasteiger partial charge is 0.340 e. The number of nitrogens with zero attached hydrogens (tertiary/aromatic N) is 1. The molecule has 4 nitrogen and oxygen atoms in total. The molecule has 1 aromatic heterocycles. The molecule has 102 valence electrons. The van der Waals surface area contributed by atoms with Crippen LogP contribution in [0.1, 0.15) is 10.4 Å². The Morgan fingerprint density at radius 1 is 1.30 bits per heavy atom. The van der Waals surface area contributed by atoms with Gasteiger partial charge in [-0.2, -0.15) is 0 Å². The Balaban J connectivity index is 2.59. The van der Waals surface area contributed by atoms with Gasteiger partial charge < -0.3 is 14.4 Å². The number of phenols is 1. The average Bonchev–Trinajstić information content (AvgIpc) is 2.82. The Kier molecular flexibility index (Phi) is 2.83. The molecule has 0 atom stereocenters. The summed E-state index contributed by atoms with van der Waals surface area (Å²) in [7, 11) is 3.14. The van der Waals surface area contributed by atoms with Crippen LogP contribution < -0.4 is 0 Å². The molecule has 0 unspecified atom stereocenters. The van der Waals surface area contributed by atoms with E-state index in [-0.39, 0.29) is 10.8 Å². The van der Waals surface area contributed by atoms with E-state index in [9.17, 15) is 9.90 Å². The number of hydrogen-bond acceptors (Lipinski definition) is 3. The van der Waals surface area contributed by atoms with E-state index in [2.05, 4.69) is 0 Å². The van der Waals surface area contributed by atoms with Gasteiger partial charge >= 0.3 is 5.97 Å². The lowest BCUT2D eigenvalue weighted by molar-refractivity contribution is 0.0603. The molecule has 3 rings (SSSR count). The van der Waals surface area contributed by atoms with Gasteiger partial charge in [0.05, 0.1) is 23.2 Å². The highest BCUT2D eigenvalue weighted by Gasteiger charge is 2.22. The molecule has 1 N–H and O–H groups in total. The summed E-state index contributed by atoms with van der Waals surface area (Å²) >= 11 is 6.25. The number of aryl methyl sites for hydroxylation is 1. The van der Waals surface area contributed by atoms with Gasteiger partial charge in [0.2, 0.25) is 0 Å². The third-order valence-electron chi connectivity index (χ3n) is 3.45. The van der Waals surface area contributed by atoms with Crippen LogP contribution >= 0.6 is 11.6 Å². The maximum atomic E-state index is 11.9. The number of phenolic OH excluding ortho intramolecular Hbond substituents is 1. The Morgan fingerprint density at radius 2 is 1.95 bits per heavy atom. The van der Waals surface area contributed by atoms with Crippen molar-refractivity contribution in [1.29, 1.82) is 0 Å². The maximum absolute atomic E-state index is 11.9. The molecule has 5 heteroatoms. The lowest BCUT2D eigenvalue weighted by Gasteiger charge is -2.08. The first-order chi connectivity index (χ1) is 9.56. The summed E-state index contributed by atoms with van der Waals surface area (Å²) in [4.78, 5) is 11.9. The highest BCUT2D eigenvalue weighted by Crippen LogP contribution is 2.42. The fourth-order valence-corrected chi connectivity index (χ4v) is 2.86. The van der Waals surface area contributed by atoms with Crippen molar-refractivity contribution >= 4 is 39.2 Å². The van der Waals surface area contributed by atoms with E-state index >= 15 is 0 Å². The summed E-state index contributed by atoms with van der Waals surface area (Å²) in [5.41, 5.74) is 1.14. The molecule has 0 aliphatic carbocycles. The minimum Gasteiger partial charge on any atom is -0.506 e. The number of halogens is 1. The van der Waals surface area contributed by atoms with Crippen LogP contribution in [0.3, 0.4) is 0 Å². The zero-order valence-electron chi connectivity index (χ0n) is 11.0. The number of ether oxygens (including phenoxy) is 1. The first-order valence-corrected chi connectivity index (χ1v) is 6.40. The van der Waals surface area contributed by atoms with Gasteiger partial charge in [-0.1, -0.05) is 35.9 Å². The monoisotopic (exact) mass is 289 g/mol. The Morgan fingerprint density at radius 3 is 2.60 bits per heavy atom. The zero-order chi connectivity index (χ0) is 14.4. The number of carbonyl (C=O) groups excluding carboxylic acids is 1. The molecule has 0 bridgehead atoms. The Hall–Kier alpha value is -2.20. The van der Waals surface area contributed by atoms with Gasteiger partial charge in [0.25, 0.3) is 0 Å². The molecular formula is C15H12ClNO3. The van der Waals surface area contributed by atoms with Crippen molar-refractivity contribution in [2.45, 2.75) is 0 Å². The summed E-state index contributed by atoms with van der Waals surface area (Å²) in [6.07, 6.45) is 1.66. The number of aromatic nitrogens is 1. The number of carbonyl (C=O) groups is 1. The van der Waals surface area contributed by atoms with E-state index in [1.54, 1.807) is 12.3 Å². The van der Waals surface area contributed by atoms with Gasteiger partial charge in [-0.3, -0.25) is 0 Å². The molecule has 2 aromatic carbocycles. The number of fused-ring (bicyclic) bond motifs is 3. The number of aromatic hydroxyl groups is 1. The van der Waals surface area contributed by atoms with E-state index in [1.807, 2.05) is 29.8 Å². The van der Waals surface area contributed by atoms with Gasteiger partial charge in [-0.25, -0.2) is 4.79 Å². The molecule has 0 saturated carbocycles. The summed E-state index contributed by atoms with van der Waals surface area (Å²) < 4.78 is 6.59. The van der Waals surface area contributed by atoms with Gasteiger partial charge in [0, 0.05) is 29.4 Å². The van der Waals surface area contributed by atoms with Gasteiger partial charge in [-0.05, 0) is 0 Å². The lowest BCUT2D eigenvalue weighted by atomic mass is 10.0. The van der Waals surface area contributed by atoms with Gasteiger partial charge in [0.15, 0.2) is 0 Å². The van der Waals surface area contributed by atoms with Crippen molar-refractivity contribution in [3.05, 3.63) is 41.0 Å². The second kappa shape index (κ2) is 4.42. The number of rotatable bonds is 1. The molecule has 0 saturated heterocycles. The van der Waals surface area contributed by atoms with Crippen LogP contribution in [0.25, 0.3) is 21.7 Å². The van der Waals surface area contributed by atoms with Crippen molar-refractivity contribution in [3.63, 3.8) is 0 Å². The molecular weight excluding hydrogens is 278 g/mol. The normalized spacial score (nSPS) is 11.2. The van der Waals surface area contributed by atoms with E-state index in [1.165, 1.54) is 7.11 Å². The number of benzene rings is 2. The number of methoxy groups -OCH3 is 1. The second-order valence-corrected chi connectivity index (χ2v) is 4.96. The summed E-state index contributed by atoms with van der Waals surface area (Å²) in [6, 6.07) is 7.38. The Labute approximate surface area is 120 Å². The van der Waals surface area contributed by atoms with Gasteiger partial charge in [-0.15, -0.1) is 0 Å². The maximum Gasteiger partial charge on any atom is 0.340 e. The second-order valence-electron chi connectivity index (χ2n) is 4.58. The van der Waals surface area contributed by atoms with Crippen molar-refractivity contribution in [1.82, 2.24) is 4.57 Å². The first kappa shape index (κ1) is 12.8. The summed E-state index contributed by atoms with van der Waals surface area (Å²) in [6.45, 7) is 0. The van der Waals surface area contributed by atoms with Crippen molar-refractivity contribution in [2.24, 2.45) is 7.05 Å². The minimum absolute atomic E-state index is 0.0221. The van der Waals surface area contributed by atoms with E-state index in [4.69, 9.17) is 16.3 Å². The highest BCUT2D eigenvalue weighted by molar-refractivity contribution is 6.40. The van der Waals surface area contributed by atoms with Crippen molar-refractivity contribution in [3.8, 4) is 5.75 Å². The third-order valence-corrected chi connectivity index (χ3v) is 3.82. The molecule has 3 aromatic rings. The van der Waals surface area contributed by atoms with Crippen molar-refractivity contribution < 1.29 is 14.6 Å². The molecule has 0 aliphatic heterocycles. The van der Waals surface area contributed by atoms with Crippen LogP contribution in [0, 0.1) is 0 Å². The fraction of sp³-hybridized carbons (Fsp3) is 0.133. The standard InChI is InChI=1S/C15H12ClNO3/c1-17-7-10(15(19)20-2)11-12(16)14(18)9-6-4-3-5-8(9)13(11)17/h3-7,18H,1-2H3. The minimum atomic E-state index is -0.479. The lowest BCUT2D eigenvalue weighted by Crippen LogP contribution is -2.00. The van der Waals surface area contributed by atoms with Crippen LogP contribution in [0.5, 0.6) is 5.75 Å². The highest BCUT2D eigenvalue weighted by atomic mass is 35.5. The molecule has 20 heavy (non-hydrogen) atoms. The first-order valence-electron chi connectivity index (χ1n) is 6.02. The summed E-state index contributed by atoms with van der Waals surface area (Å²) in [5, 5.41) is 12.4. The molecule has 0 aliphatic rings. The summed E-state index contributed by atoms with van der Waals surface area (Å²) in [5.74, 6) is -0.502. The molecule has 0 spiro atoms. The van der Waals surface area contributed by atoms with E-state index in [0.717, 1.165) is 10.9 Å². The number of hydrogen-bond donors (Lipinski definition) is 1. The largest absolute Gasteiger partial charge is 0.506 e. The third kappa shape index (κ3) is 1.58. The SMILES string of the molecule is COC(=O)c1cn(C)c2c1c(Cl)c(O)c1ccccc12. The van der Waals surface area contributed by atoms with Crippen LogP contribution in [-0.2, 0) is 11.8 Å².